The standard InChI is InChI=1S/C28H38N6O/c1-18-6-9-21(28(2,3)4)16-23(18)30-26-24-25(29-17-33(24)5)31-27(32-26)34-14-12-20(13-15-34)19-7-10-22(35)11-8-19/h6,9,16-17,19-20H,7-8,10-15H2,1-5H3,(H,30,31,32). The number of hydrogen-bond donors (Lipinski definition) is 1. The number of ketones is 1. The number of anilines is 3. The van der Waals surface area contributed by atoms with Crippen LogP contribution in [0.5, 0.6) is 0 Å². The molecular weight excluding hydrogens is 436 g/mol. The lowest BCUT2D eigenvalue weighted by Crippen LogP contribution is -2.38. The highest BCUT2D eigenvalue weighted by atomic mass is 16.1. The molecule has 1 saturated carbocycles. The van der Waals surface area contributed by atoms with Crippen molar-refractivity contribution in [3.63, 3.8) is 0 Å². The number of aryl methyl sites for hydroxylation is 2. The summed E-state index contributed by atoms with van der Waals surface area (Å²) in [5.74, 6) is 3.40. The van der Waals surface area contributed by atoms with Crippen molar-refractivity contribution in [2.24, 2.45) is 18.9 Å². The van der Waals surface area contributed by atoms with E-state index in [4.69, 9.17) is 9.97 Å². The van der Waals surface area contributed by atoms with Gasteiger partial charge in [-0.3, -0.25) is 4.79 Å². The van der Waals surface area contributed by atoms with Crippen LogP contribution in [0.1, 0.15) is 70.4 Å². The van der Waals surface area contributed by atoms with Crippen LogP contribution >= 0.6 is 0 Å². The van der Waals surface area contributed by atoms with Crippen molar-refractivity contribution in [1.29, 1.82) is 0 Å². The normalized spacial score (nSPS) is 18.4. The third-order valence-corrected chi connectivity index (χ3v) is 7.99. The minimum Gasteiger partial charge on any atom is -0.341 e. The monoisotopic (exact) mass is 474 g/mol. The molecule has 7 heteroatoms. The van der Waals surface area contributed by atoms with Gasteiger partial charge < -0.3 is 14.8 Å². The molecule has 186 valence electrons. The predicted molar refractivity (Wildman–Crippen MR) is 141 cm³/mol. The molecule has 1 aromatic carbocycles. The highest BCUT2D eigenvalue weighted by Gasteiger charge is 2.30. The number of fused-ring (bicyclic) bond motifs is 1. The zero-order valence-corrected chi connectivity index (χ0v) is 21.8. The maximum Gasteiger partial charge on any atom is 0.229 e. The number of nitrogens with one attached hydrogen (secondary N) is 1. The van der Waals surface area contributed by atoms with Gasteiger partial charge in [-0.25, -0.2) is 4.98 Å². The molecule has 2 aromatic heterocycles. The molecule has 5 rings (SSSR count). The molecule has 35 heavy (non-hydrogen) atoms. The highest BCUT2D eigenvalue weighted by Crippen LogP contribution is 2.36. The maximum absolute atomic E-state index is 11.7. The molecule has 1 N–H and O–H groups in total. The summed E-state index contributed by atoms with van der Waals surface area (Å²) in [6.45, 7) is 10.7. The Hall–Kier alpha value is -2.96. The van der Waals surface area contributed by atoms with Crippen molar-refractivity contribution in [2.45, 2.75) is 71.6 Å². The first-order valence-corrected chi connectivity index (χ1v) is 13.0. The van der Waals surface area contributed by atoms with Gasteiger partial charge in [-0.1, -0.05) is 32.9 Å². The average molecular weight is 475 g/mol. The van der Waals surface area contributed by atoms with Crippen LogP contribution in [-0.2, 0) is 17.3 Å². The first kappa shape index (κ1) is 23.8. The van der Waals surface area contributed by atoms with Gasteiger partial charge in [-0.15, -0.1) is 0 Å². The summed E-state index contributed by atoms with van der Waals surface area (Å²) in [5.41, 5.74) is 5.23. The SMILES string of the molecule is Cc1ccc(C(C)(C)C)cc1Nc1nc(N2CCC(C3CCC(=O)CC3)CC2)nc2ncn(C)c12. The van der Waals surface area contributed by atoms with Crippen molar-refractivity contribution in [1.82, 2.24) is 19.5 Å². The van der Waals surface area contributed by atoms with Crippen LogP contribution in [0, 0.1) is 18.8 Å². The van der Waals surface area contributed by atoms with Crippen molar-refractivity contribution in [2.75, 3.05) is 23.3 Å². The summed E-state index contributed by atoms with van der Waals surface area (Å²) >= 11 is 0. The van der Waals surface area contributed by atoms with E-state index >= 15 is 0 Å². The van der Waals surface area contributed by atoms with Crippen LogP contribution in [0.15, 0.2) is 24.5 Å². The Morgan fingerprint density at radius 3 is 2.37 bits per heavy atom. The summed E-state index contributed by atoms with van der Waals surface area (Å²) in [7, 11) is 1.99. The number of carbonyl (C=O) groups excluding carboxylic acids is 1. The molecule has 1 aliphatic heterocycles. The molecule has 1 aliphatic carbocycles. The van der Waals surface area contributed by atoms with Crippen molar-refractivity contribution < 1.29 is 4.79 Å². The number of carbonyl (C=O) groups is 1. The summed E-state index contributed by atoms with van der Waals surface area (Å²) in [6.07, 6.45) is 7.77. The number of rotatable bonds is 4. The van der Waals surface area contributed by atoms with Crippen molar-refractivity contribution >= 4 is 34.4 Å². The summed E-state index contributed by atoms with van der Waals surface area (Å²) < 4.78 is 1.99. The Morgan fingerprint density at radius 1 is 1.00 bits per heavy atom. The minimum absolute atomic E-state index is 0.0682. The number of piperidine rings is 1. The fourth-order valence-electron chi connectivity index (χ4n) is 5.63. The van der Waals surface area contributed by atoms with Gasteiger partial charge in [-0.2, -0.15) is 9.97 Å². The topological polar surface area (TPSA) is 75.9 Å². The van der Waals surface area contributed by atoms with Gasteiger partial charge in [0.05, 0.1) is 6.33 Å². The minimum atomic E-state index is 0.0682. The molecule has 0 bridgehead atoms. The maximum atomic E-state index is 11.7. The van der Waals surface area contributed by atoms with E-state index in [2.05, 4.69) is 61.1 Å². The Bertz CT molecular complexity index is 1220. The molecule has 7 nitrogen and oxygen atoms in total. The number of Topliss-reactive ketones (excluding diaryl/α,β-unsaturated/α-hetero) is 1. The Balaban J connectivity index is 1.40. The summed E-state index contributed by atoms with van der Waals surface area (Å²) in [4.78, 5) is 28.4. The number of aromatic nitrogens is 4. The lowest BCUT2D eigenvalue weighted by molar-refractivity contribution is -0.121. The molecule has 0 unspecified atom stereocenters. The summed E-state index contributed by atoms with van der Waals surface area (Å²) in [5, 5.41) is 3.63. The van der Waals surface area contributed by atoms with E-state index in [1.54, 1.807) is 0 Å². The Morgan fingerprint density at radius 2 is 1.69 bits per heavy atom. The molecule has 1 saturated heterocycles. The van der Waals surface area contributed by atoms with Crippen molar-refractivity contribution in [3.05, 3.63) is 35.7 Å². The zero-order valence-electron chi connectivity index (χ0n) is 21.8. The third-order valence-electron chi connectivity index (χ3n) is 7.99. The number of nitrogens with zero attached hydrogens (tertiary/aromatic N) is 5. The number of hydrogen-bond acceptors (Lipinski definition) is 6. The van der Waals surface area contributed by atoms with Gasteiger partial charge >= 0.3 is 0 Å². The van der Waals surface area contributed by atoms with Gasteiger partial charge in [0.2, 0.25) is 5.95 Å². The molecule has 3 heterocycles. The van der Waals surface area contributed by atoms with Gasteiger partial charge in [0.15, 0.2) is 11.5 Å². The van der Waals surface area contributed by atoms with E-state index in [0.717, 1.165) is 80.2 Å². The highest BCUT2D eigenvalue weighted by molar-refractivity contribution is 5.87. The molecule has 0 atom stereocenters. The van der Waals surface area contributed by atoms with Crippen LogP contribution in [0.2, 0.25) is 0 Å². The van der Waals surface area contributed by atoms with Gasteiger partial charge in [0.1, 0.15) is 11.3 Å². The predicted octanol–water partition coefficient (Wildman–Crippen LogP) is 5.69. The largest absolute Gasteiger partial charge is 0.341 e. The van der Waals surface area contributed by atoms with Crippen LogP contribution in [0.25, 0.3) is 11.2 Å². The summed E-state index contributed by atoms with van der Waals surface area (Å²) in [6, 6.07) is 6.62. The molecule has 2 aliphatic rings. The van der Waals surface area contributed by atoms with E-state index in [9.17, 15) is 4.79 Å². The molecule has 0 amide bonds. The molecule has 0 spiro atoms. The molecule has 3 aromatic rings. The molecular formula is C28H38N6O. The average Bonchev–Trinajstić information content (AvgIpc) is 3.21. The third kappa shape index (κ3) is 4.91. The Labute approximate surface area is 208 Å². The molecule has 0 radical (unpaired) electrons. The van der Waals surface area contributed by atoms with Crippen LogP contribution in [0.4, 0.5) is 17.5 Å². The van der Waals surface area contributed by atoms with Crippen molar-refractivity contribution in [3.8, 4) is 0 Å². The number of imidazole rings is 1. The second-order valence-corrected chi connectivity index (χ2v) is 11.5. The fourth-order valence-corrected chi connectivity index (χ4v) is 5.63. The fraction of sp³-hybridized carbons (Fsp3) is 0.571. The van der Waals surface area contributed by atoms with E-state index in [-0.39, 0.29) is 5.41 Å². The van der Waals surface area contributed by atoms with Crippen LogP contribution in [-0.4, -0.2) is 38.4 Å². The second kappa shape index (κ2) is 9.25. The zero-order chi connectivity index (χ0) is 24.7. The Kier molecular flexibility index (Phi) is 6.28. The lowest BCUT2D eigenvalue weighted by atomic mass is 9.75. The smallest absolute Gasteiger partial charge is 0.229 e. The van der Waals surface area contributed by atoms with E-state index in [1.807, 2.05) is 17.9 Å². The first-order valence-electron chi connectivity index (χ1n) is 13.0. The molecule has 2 fully saturated rings. The van der Waals surface area contributed by atoms with Gasteiger partial charge in [-0.05, 0) is 67.1 Å². The first-order chi connectivity index (χ1) is 16.7. The van der Waals surface area contributed by atoms with E-state index < -0.39 is 0 Å². The quantitative estimate of drug-likeness (QED) is 0.524. The van der Waals surface area contributed by atoms with Crippen LogP contribution in [0.3, 0.4) is 0 Å². The van der Waals surface area contributed by atoms with E-state index in [0.29, 0.717) is 17.6 Å². The lowest BCUT2D eigenvalue weighted by Gasteiger charge is -2.37. The number of benzene rings is 1. The van der Waals surface area contributed by atoms with Gasteiger partial charge in [0, 0.05) is 38.7 Å². The second-order valence-electron chi connectivity index (χ2n) is 11.5. The van der Waals surface area contributed by atoms with E-state index in [1.165, 1.54) is 11.1 Å². The van der Waals surface area contributed by atoms with Crippen LogP contribution < -0.4 is 10.2 Å². The van der Waals surface area contributed by atoms with Gasteiger partial charge in [0.25, 0.3) is 0 Å².